The van der Waals surface area contributed by atoms with Gasteiger partial charge < -0.3 is 14.5 Å². The predicted octanol–water partition coefficient (Wildman–Crippen LogP) is 1.55. The molecule has 0 aliphatic carbocycles. The zero-order valence-electron chi connectivity index (χ0n) is 11.0. The quantitative estimate of drug-likeness (QED) is 0.861. The third-order valence-electron chi connectivity index (χ3n) is 2.75. The van der Waals surface area contributed by atoms with Crippen LogP contribution in [0.25, 0.3) is 0 Å². The number of rotatable bonds is 5. The molecule has 100 valence electrons. The van der Waals surface area contributed by atoms with E-state index in [4.69, 9.17) is 4.52 Å². The molecule has 1 rings (SSSR count). The molecule has 0 saturated heterocycles. The Morgan fingerprint density at radius 1 is 1.50 bits per heavy atom. The van der Waals surface area contributed by atoms with Gasteiger partial charge in [-0.05, 0) is 19.3 Å². The van der Waals surface area contributed by atoms with Crippen molar-refractivity contribution < 1.29 is 19.2 Å². The van der Waals surface area contributed by atoms with Crippen molar-refractivity contribution in [2.24, 2.45) is 5.92 Å². The van der Waals surface area contributed by atoms with Crippen LogP contribution < -0.4 is 0 Å². The smallest absolute Gasteiger partial charge is 0.326 e. The number of amides is 1. The van der Waals surface area contributed by atoms with Crippen LogP contribution in [0.3, 0.4) is 0 Å². The maximum Gasteiger partial charge on any atom is 0.326 e. The number of nitrogens with zero attached hydrogens (tertiary/aromatic N) is 2. The monoisotopic (exact) mass is 254 g/mol. The van der Waals surface area contributed by atoms with Crippen molar-refractivity contribution in [2.75, 3.05) is 7.05 Å². The number of hydrogen-bond donors (Lipinski definition) is 1. The number of carboxylic acid groups (broad SMARTS) is 1. The van der Waals surface area contributed by atoms with Gasteiger partial charge in [0, 0.05) is 7.05 Å². The molecule has 1 aromatic heterocycles. The average Bonchev–Trinajstić information content (AvgIpc) is 2.69. The Kier molecular flexibility index (Phi) is 4.47. The summed E-state index contributed by atoms with van der Waals surface area (Å²) >= 11 is 0. The molecule has 1 atom stereocenters. The van der Waals surface area contributed by atoms with Gasteiger partial charge in [-0.3, -0.25) is 4.79 Å². The Labute approximate surface area is 106 Å². The number of carboxylic acids is 1. The second-order valence-corrected chi connectivity index (χ2v) is 4.70. The van der Waals surface area contributed by atoms with E-state index in [9.17, 15) is 14.7 Å². The first-order valence-corrected chi connectivity index (χ1v) is 5.75. The molecule has 18 heavy (non-hydrogen) atoms. The second kappa shape index (κ2) is 5.66. The van der Waals surface area contributed by atoms with E-state index in [0.717, 1.165) is 0 Å². The van der Waals surface area contributed by atoms with Crippen molar-refractivity contribution >= 4 is 11.9 Å². The minimum Gasteiger partial charge on any atom is -0.480 e. The van der Waals surface area contributed by atoms with Gasteiger partial charge in [-0.25, -0.2) is 4.79 Å². The topological polar surface area (TPSA) is 83.6 Å². The zero-order chi connectivity index (χ0) is 13.9. The van der Waals surface area contributed by atoms with Crippen molar-refractivity contribution in [3.05, 3.63) is 17.5 Å². The summed E-state index contributed by atoms with van der Waals surface area (Å²) in [5.74, 6) is -0.819. The van der Waals surface area contributed by atoms with Crippen molar-refractivity contribution in [1.29, 1.82) is 0 Å². The molecule has 0 saturated carbocycles. The van der Waals surface area contributed by atoms with Crippen LogP contribution in [0.4, 0.5) is 0 Å². The van der Waals surface area contributed by atoms with Gasteiger partial charge in [-0.15, -0.1) is 0 Å². The Balaban J connectivity index is 2.90. The van der Waals surface area contributed by atoms with E-state index in [2.05, 4.69) is 5.16 Å². The summed E-state index contributed by atoms with van der Waals surface area (Å²) in [7, 11) is 1.48. The highest BCUT2D eigenvalue weighted by molar-refractivity contribution is 5.96. The van der Waals surface area contributed by atoms with E-state index in [1.165, 1.54) is 18.1 Å². The first-order chi connectivity index (χ1) is 8.34. The maximum atomic E-state index is 12.1. The van der Waals surface area contributed by atoms with Crippen LogP contribution in [0.2, 0.25) is 0 Å². The van der Waals surface area contributed by atoms with Crippen LogP contribution in [0.5, 0.6) is 0 Å². The molecule has 1 unspecified atom stereocenters. The van der Waals surface area contributed by atoms with E-state index in [1.54, 1.807) is 6.92 Å². The summed E-state index contributed by atoms with van der Waals surface area (Å²) in [6.07, 6.45) is 1.71. The highest BCUT2D eigenvalue weighted by Gasteiger charge is 2.29. The second-order valence-electron chi connectivity index (χ2n) is 4.70. The maximum absolute atomic E-state index is 12.1. The Morgan fingerprint density at radius 3 is 2.50 bits per heavy atom. The molecule has 0 fully saturated rings. The molecule has 6 nitrogen and oxygen atoms in total. The van der Waals surface area contributed by atoms with Crippen LogP contribution in [0.15, 0.2) is 10.7 Å². The number of likely N-dealkylation sites (N-methyl/N-ethyl adjacent to an activating group) is 1. The third-order valence-corrected chi connectivity index (χ3v) is 2.75. The lowest BCUT2D eigenvalue weighted by Gasteiger charge is -2.25. The van der Waals surface area contributed by atoms with Crippen LogP contribution in [0, 0.1) is 12.8 Å². The number of aryl methyl sites for hydroxylation is 1. The van der Waals surface area contributed by atoms with Gasteiger partial charge in [0.05, 0.1) is 6.20 Å². The standard InChI is InChI=1S/C12H18N2O4/c1-7(2)5-10(12(16)17)14(4)11(15)9-6-13-18-8(9)3/h6-7,10H,5H2,1-4H3,(H,16,17). The number of aromatic nitrogens is 1. The van der Waals surface area contributed by atoms with Crippen LogP contribution in [-0.2, 0) is 4.79 Å². The fourth-order valence-electron chi connectivity index (χ4n) is 1.71. The summed E-state index contributed by atoms with van der Waals surface area (Å²) < 4.78 is 4.81. The molecule has 1 amide bonds. The molecule has 1 aromatic rings. The lowest BCUT2D eigenvalue weighted by molar-refractivity contribution is -0.142. The number of hydrogen-bond acceptors (Lipinski definition) is 4. The van der Waals surface area contributed by atoms with Crippen LogP contribution in [0.1, 0.15) is 36.4 Å². The molecule has 0 aromatic carbocycles. The van der Waals surface area contributed by atoms with Gasteiger partial charge in [0.15, 0.2) is 0 Å². The Morgan fingerprint density at radius 2 is 2.11 bits per heavy atom. The van der Waals surface area contributed by atoms with Crippen LogP contribution >= 0.6 is 0 Å². The fourth-order valence-corrected chi connectivity index (χ4v) is 1.71. The molecule has 6 heteroatoms. The molecule has 1 N–H and O–H groups in total. The van der Waals surface area contributed by atoms with Crippen LogP contribution in [-0.4, -0.2) is 40.1 Å². The summed E-state index contributed by atoms with van der Waals surface area (Å²) in [5.41, 5.74) is 0.299. The van der Waals surface area contributed by atoms with Crippen molar-refractivity contribution in [2.45, 2.75) is 33.2 Å². The summed E-state index contributed by atoms with van der Waals surface area (Å²) in [6, 6.07) is -0.841. The molecule has 0 spiro atoms. The van der Waals surface area contributed by atoms with E-state index < -0.39 is 12.0 Å². The van der Waals surface area contributed by atoms with Gasteiger partial charge in [0.25, 0.3) is 5.91 Å². The summed E-state index contributed by atoms with van der Waals surface area (Å²) in [5, 5.41) is 12.7. The minimum atomic E-state index is -1.01. The third kappa shape index (κ3) is 3.09. The van der Waals surface area contributed by atoms with Gasteiger partial charge >= 0.3 is 5.97 Å². The van der Waals surface area contributed by atoms with Crippen molar-refractivity contribution in [3.8, 4) is 0 Å². The van der Waals surface area contributed by atoms with Crippen molar-refractivity contribution in [3.63, 3.8) is 0 Å². The van der Waals surface area contributed by atoms with E-state index in [1.807, 2.05) is 13.8 Å². The Hall–Kier alpha value is -1.85. The number of carbonyl (C=O) groups excluding carboxylic acids is 1. The summed E-state index contributed by atoms with van der Waals surface area (Å²) in [6.45, 7) is 5.45. The first kappa shape index (κ1) is 14.2. The molecule has 0 radical (unpaired) electrons. The van der Waals surface area contributed by atoms with E-state index >= 15 is 0 Å². The van der Waals surface area contributed by atoms with E-state index in [-0.39, 0.29) is 11.8 Å². The SMILES string of the molecule is Cc1oncc1C(=O)N(C)C(CC(C)C)C(=O)O. The normalized spacial score (nSPS) is 12.5. The van der Waals surface area contributed by atoms with Gasteiger partial charge in [0.1, 0.15) is 17.4 Å². The average molecular weight is 254 g/mol. The zero-order valence-corrected chi connectivity index (χ0v) is 11.0. The largest absolute Gasteiger partial charge is 0.480 e. The molecule has 0 bridgehead atoms. The number of aliphatic carboxylic acids is 1. The molecule has 0 aliphatic heterocycles. The molecular weight excluding hydrogens is 236 g/mol. The van der Waals surface area contributed by atoms with Crippen molar-refractivity contribution in [1.82, 2.24) is 10.1 Å². The lowest BCUT2D eigenvalue weighted by Crippen LogP contribution is -2.43. The molecule has 1 heterocycles. The number of carbonyl (C=O) groups is 2. The Bertz CT molecular complexity index is 439. The lowest BCUT2D eigenvalue weighted by atomic mass is 10.0. The highest BCUT2D eigenvalue weighted by atomic mass is 16.5. The van der Waals surface area contributed by atoms with E-state index in [0.29, 0.717) is 17.7 Å². The first-order valence-electron chi connectivity index (χ1n) is 5.75. The molecular formula is C12H18N2O4. The highest BCUT2D eigenvalue weighted by Crippen LogP contribution is 2.15. The van der Waals surface area contributed by atoms with Gasteiger partial charge in [-0.2, -0.15) is 0 Å². The molecule has 0 aliphatic rings. The summed E-state index contributed by atoms with van der Waals surface area (Å²) in [4.78, 5) is 24.5. The van der Waals surface area contributed by atoms with Gasteiger partial charge in [0.2, 0.25) is 0 Å². The minimum absolute atomic E-state index is 0.185. The predicted molar refractivity (Wildman–Crippen MR) is 64.2 cm³/mol. The van der Waals surface area contributed by atoms with Gasteiger partial charge in [-0.1, -0.05) is 19.0 Å². The fraction of sp³-hybridized carbons (Fsp3) is 0.583.